The molecule has 1 unspecified atom stereocenters. The fourth-order valence-corrected chi connectivity index (χ4v) is 6.22. The zero-order valence-corrected chi connectivity index (χ0v) is 23.9. The first-order chi connectivity index (χ1) is 19.5. The number of nitrogens with zero attached hydrogens (tertiary/aromatic N) is 3. The molecule has 1 atom stereocenters. The largest absolute Gasteiger partial charge is 0.507 e. The minimum Gasteiger partial charge on any atom is -0.507 e. The summed E-state index contributed by atoms with van der Waals surface area (Å²) in [6, 6.07) is 23.6. The molecule has 0 saturated carbocycles. The van der Waals surface area contributed by atoms with Gasteiger partial charge in [0.25, 0.3) is 5.78 Å². The summed E-state index contributed by atoms with van der Waals surface area (Å²) in [5, 5.41) is 20.2. The molecule has 4 aromatic rings. The topological polar surface area (TPSA) is 92.6 Å². The Balaban J connectivity index is 1.54. The maximum atomic E-state index is 13.5. The molecule has 40 heavy (non-hydrogen) atoms. The number of Topliss-reactive ketones (excluding diaryl/α,β-unsaturated/α-hetero) is 1. The molecule has 1 fully saturated rings. The van der Waals surface area contributed by atoms with Crippen LogP contribution in [0.4, 0.5) is 5.13 Å². The van der Waals surface area contributed by atoms with Crippen LogP contribution in [0.3, 0.4) is 0 Å². The molecule has 7 nitrogen and oxygen atoms in total. The Kier molecular flexibility index (Phi) is 8.62. The summed E-state index contributed by atoms with van der Waals surface area (Å²) in [7, 11) is 0. The molecule has 1 aromatic heterocycles. The summed E-state index contributed by atoms with van der Waals surface area (Å²) in [6.07, 6.45) is 1.91. The molecule has 5 rings (SSSR count). The van der Waals surface area contributed by atoms with Crippen LogP contribution >= 0.6 is 23.1 Å². The van der Waals surface area contributed by atoms with Gasteiger partial charge in [-0.25, -0.2) is 0 Å². The third-order valence-electron chi connectivity index (χ3n) is 6.52. The minimum absolute atomic E-state index is 0.00764. The van der Waals surface area contributed by atoms with E-state index in [1.165, 1.54) is 28.0 Å². The monoisotopic (exact) mass is 571 g/mol. The summed E-state index contributed by atoms with van der Waals surface area (Å²) in [6.45, 7) is 4.59. The van der Waals surface area contributed by atoms with Gasteiger partial charge in [-0.2, -0.15) is 0 Å². The van der Waals surface area contributed by atoms with Crippen molar-refractivity contribution in [2.45, 2.75) is 42.8 Å². The Hall–Kier alpha value is -3.95. The zero-order chi connectivity index (χ0) is 28.1. The fourth-order valence-electron chi connectivity index (χ4n) is 4.40. The smallest absolute Gasteiger partial charge is 0.301 e. The molecule has 2 heterocycles. The SMILES string of the molecule is CCCCOc1cccc(C2C(=C(O)c3ccc(C)cc3)C(=O)C(=O)N2c2nnc(SCc3ccccc3)s2)c1. The van der Waals surface area contributed by atoms with Gasteiger partial charge >= 0.3 is 5.91 Å². The molecule has 1 aliphatic rings. The predicted octanol–water partition coefficient (Wildman–Crippen LogP) is 6.94. The van der Waals surface area contributed by atoms with Crippen LogP contribution in [0.5, 0.6) is 5.75 Å². The van der Waals surface area contributed by atoms with Gasteiger partial charge < -0.3 is 9.84 Å². The van der Waals surface area contributed by atoms with E-state index in [0.717, 1.165) is 24.0 Å². The van der Waals surface area contributed by atoms with Crippen LogP contribution in [-0.2, 0) is 15.3 Å². The van der Waals surface area contributed by atoms with Gasteiger partial charge in [-0.15, -0.1) is 10.2 Å². The van der Waals surface area contributed by atoms with Crippen molar-refractivity contribution in [1.82, 2.24) is 10.2 Å². The maximum Gasteiger partial charge on any atom is 0.301 e. The molecule has 0 aliphatic carbocycles. The predicted molar refractivity (Wildman–Crippen MR) is 159 cm³/mol. The van der Waals surface area contributed by atoms with Crippen molar-refractivity contribution in [3.05, 3.63) is 107 Å². The van der Waals surface area contributed by atoms with Gasteiger partial charge in [-0.1, -0.05) is 109 Å². The molecular formula is C31H29N3O4S2. The van der Waals surface area contributed by atoms with Crippen LogP contribution in [0.2, 0.25) is 0 Å². The number of thioether (sulfide) groups is 1. The van der Waals surface area contributed by atoms with Crippen LogP contribution in [-0.4, -0.2) is 33.6 Å². The minimum atomic E-state index is -0.893. The summed E-state index contributed by atoms with van der Waals surface area (Å²) >= 11 is 2.76. The molecule has 1 N–H and O–H groups in total. The number of anilines is 1. The van der Waals surface area contributed by atoms with E-state index in [1.807, 2.05) is 73.7 Å². The lowest BCUT2D eigenvalue weighted by Gasteiger charge is -2.23. The molecule has 1 aliphatic heterocycles. The second-order valence-corrected chi connectivity index (χ2v) is 11.6. The quantitative estimate of drug-likeness (QED) is 0.0550. The number of hydrogen-bond donors (Lipinski definition) is 1. The van der Waals surface area contributed by atoms with Crippen molar-refractivity contribution < 1.29 is 19.4 Å². The number of amides is 1. The summed E-state index contributed by atoms with van der Waals surface area (Å²) < 4.78 is 6.59. The number of aliphatic hydroxyl groups excluding tert-OH is 1. The Morgan fingerprint density at radius 2 is 1.80 bits per heavy atom. The molecular weight excluding hydrogens is 542 g/mol. The molecule has 1 amide bonds. The number of aryl methyl sites for hydroxylation is 1. The van der Waals surface area contributed by atoms with Crippen molar-refractivity contribution in [2.24, 2.45) is 0 Å². The number of unbranched alkanes of at least 4 members (excludes halogenated alkanes) is 1. The lowest BCUT2D eigenvalue weighted by molar-refractivity contribution is -0.132. The van der Waals surface area contributed by atoms with Crippen LogP contribution in [0.25, 0.3) is 5.76 Å². The zero-order valence-electron chi connectivity index (χ0n) is 22.2. The van der Waals surface area contributed by atoms with E-state index in [9.17, 15) is 14.7 Å². The molecule has 1 saturated heterocycles. The molecule has 9 heteroatoms. The number of aliphatic hydroxyl groups is 1. The maximum absolute atomic E-state index is 13.5. The van der Waals surface area contributed by atoms with Gasteiger partial charge in [0.2, 0.25) is 5.13 Å². The molecule has 0 spiro atoms. The third kappa shape index (κ3) is 5.95. The number of ketones is 1. The lowest BCUT2D eigenvalue weighted by Crippen LogP contribution is -2.29. The standard InChI is InChI=1S/C31H29N3O4S2/c1-3-4-17-38-24-12-8-11-23(18-24)26-25(27(35)22-15-13-20(2)14-16-22)28(36)29(37)34(26)30-32-33-31(40-30)39-19-21-9-6-5-7-10-21/h5-16,18,26,35H,3-4,17,19H2,1-2H3. The number of carbonyl (C=O) groups is 2. The lowest BCUT2D eigenvalue weighted by atomic mass is 9.95. The van der Waals surface area contributed by atoms with Crippen LogP contribution in [0, 0.1) is 6.92 Å². The van der Waals surface area contributed by atoms with Crippen LogP contribution in [0.15, 0.2) is 88.8 Å². The first-order valence-corrected chi connectivity index (χ1v) is 14.9. The van der Waals surface area contributed by atoms with Gasteiger partial charge in [-0.3, -0.25) is 14.5 Å². The number of hydrogen-bond acceptors (Lipinski definition) is 8. The first kappa shape index (κ1) is 27.6. The van der Waals surface area contributed by atoms with E-state index < -0.39 is 17.7 Å². The molecule has 3 aromatic carbocycles. The Morgan fingerprint density at radius 1 is 1.02 bits per heavy atom. The summed E-state index contributed by atoms with van der Waals surface area (Å²) in [5.74, 6) is -0.433. The van der Waals surface area contributed by atoms with Crippen molar-refractivity contribution in [1.29, 1.82) is 0 Å². The number of benzene rings is 3. The summed E-state index contributed by atoms with van der Waals surface area (Å²) in [5.41, 5.74) is 3.26. The second kappa shape index (κ2) is 12.5. The van der Waals surface area contributed by atoms with E-state index >= 15 is 0 Å². The van der Waals surface area contributed by atoms with Gasteiger partial charge in [0.05, 0.1) is 18.2 Å². The number of aromatic nitrogens is 2. The van der Waals surface area contributed by atoms with Gasteiger partial charge in [0.1, 0.15) is 11.5 Å². The van der Waals surface area contributed by atoms with Crippen LogP contribution < -0.4 is 9.64 Å². The number of rotatable bonds is 10. The first-order valence-electron chi connectivity index (χ1n) is 13.1. The van der Waals surface area contributed by atoms with Gasteiger partial charge in [-0.05, 0) is 36.6 Å². The average molecular weight is 572 g/mol. The average Bonchev–Trinajstić information content (AvgIpc) is 3.54. The number of carbonyl (C=O) groups excluding carboxylic acids is 2. The Morgan fingerprint density at radius 3 is 2.55 bits per heavy atom. The van der Waals surface area contributed by atoms with Crippen molar-refractivity contribution in [2.75, 3.05) is 11.5 Å². The van der Waals surface area contributed by atoms with Gasteiger partial charge in [0.15, 0.2) is 4.34 Å². The van der Waals surface area contributed by atoms with E-state index in [2.05, 4.69) is 17.1 Å². The molecule has 0 radical (unpaired) electrons. The van der Waals surface area contributed by atoms with E-state index in [-0.39, 0.29) is 11.3 Å². The highest BCUT2D eigenvalue weighted by molar-refractivity contribution is 8.00. The van der Waals surface area contributed by atoms with E-state index in [4.69, 9.17) is 4.74 Å². The van der Waals surface area contributed by atoms with Crippen molar-refractivity contribution in [3.8, 4) is 5.75 Å². The van der Waals surface area contributed by atoms with E-state index in [0.29, 0.717) is 38.7 Å². The summed E-state index contributed by atoms with van der Waals surface area (Å²) in [4.78, 5) is 28.3. The van der Waals surface area contributed by atoms with Crippen LogP contribution in [0.1, 0.15) is 48.1 Å². The normalized spacial score (nSPS) is 16.4. The fraction of sp³-hybridized carbons (Fsp3) is 0.226. The number of ether oxygens (including phenoxy) is 1. The second-order valence-electron chi connectivity index (χ2n) is 9.43. The molecule has 0 bridgehead atoms. The highest BCUT2D eigenvalue weighted by Crippen LogP contribution is 2.44. The van der Waals surface area contributed by atoms with Crippen molar-refractivity contribution in [3.63, 3.8) is 0 Å². The third-order valence-corrected chi connectivity index (χ3v) is 8.64. The Labute approximate surface area is 241 Å². The van der Waals surface area contributed by atoms with Crippen molar-refractivity contribution >= 4 is 45.7 Å². The highest BCUT2D eigenvalue weighted by atomic mass is 32.2. The van der Waals surface area contributed by atoms with Gasteiger partial charge in [0, 0.05) is 11.3 Å². The van der Waals surface area contributed by atoms with E-state index in [1.54, 1.807) is 12.1 Å². The Bertz CT molecular complexity index is 1530. The highest BCUT2D eigenvalue weighted by Gasteiger charge is 2.48. The molecule has 204 valence electrons.